The fraction of sp³-hybridized carbons (Fsp3) is 0.462. The molecule has 154 valence electrons. The van der Waals surface area contributed by atoms with Crippen LogP contribution in [-0.2, 0) is 24.8 Å². The molecule has 11 nitrogen and oxygen atoms in total. The predicted molar refractivity (Wildman–Crippen MR) is 100 cm³/mol. The maximum Gasteiger partial charge on any atom is 0.320 e. The molecule has 1 aromatic carbocycles. The van der Waals surface area contributed by atoms with Gasteiger partial charge in [-0.05, 0) is 31.5 Å². The highest BCUT2D eigenvalue weighted by Gasteiger charge is 2.27. The molecule has 0 spiro atoms. The highest BCUT2D eigenvalue weighted by molar-refractivity contribution is 7.90. The van der Waals surface area contributed by atoms with Gasteiger partial charge in [0.25, 0.3) is 0 Å². The van der Waals surface area contributed by atoms with Crippen LogP contribution in [0, 0.1) is 0 Å². The second-order valence-electron chi connectivity index (χ2n) is 5.55. The van der Waals surface area contributed by atoms with Crippen LogP contribution in [0.15, 0.2) is 21.9 Å². The maximum atomic E-state index is 11.6. The van der Waals surface area contributed by atoms with Gasteiger partial charge in [-0.15, -0.1) is 0 Å². The van der Waals surface area contributed by atoms with E-state index >= 15 is 0 Å². The quantitative estimate of drug-likeness (QED) is 0.303. The Morgan fingerprint density at radius 2 is 1.96 bits per heavy atom. The summed E-state index contributed by atoms with van der Waals surface area (Å²) >= 11 is 5.72. The zero-order valence-corrected chi connectivity index (χ0v) is 16.6. The third-order valence-corrected chi connectivity index (χ3v) is 6.27. The number of nitrogens with two attached hydrogens (primary N) is 3. The number of carboxylic acids is 1. The van der Waals surface area contributed by atoms with E-state index in [1.54, 1.807) is 0 Å². The molecule has 1 aromatic rings. The summed E-state index contributed by atoms with van der Waals surface area (Å²) in [4.78, 5) is 9.52. The van der Waals surface area contributed by atoms with Gasteiger partial charge in [-0.2, -0.15) is 4.72 Å². The van der Waals surface area contributed by atoms with E-state index in [1.165, 1.54) is 6.07 Å². The number of unbranched alkanes of at least 4 members (excludes halogenated alkanes) is 1. The van der Waals surface area contributed by atoms with E-state index in [0.717, 1.165) is 18.9 Å². The molecule has 14 heteroatoms. The third kappa shape index (κ3) is 6.88. The van der Waals surface area contributed by atoms with Gasteiger partial charge in [0.15, 0.2) is 0 Å². The van der Waals surface area contributed by atoms with Crippen molar-refractivity contribution in [1.82, 2.24) is 4.72 Å². The average molecular weight is 444 g/mol. The highest BCUT2D eigenvalue weighted by atomic mass is 35.5. The number of carboxylic acid groups (broad SMARTS) is 1. The van der Waals surface area contributed by atoms with Crippen molar-refractivity contribution in [2.24, 2.45) is 16.6 Å². The smallest absolute Gasteiger partial charge is 0.320 e. The van der Waals surface area contributed by atoms with Crippen LogP contribution in [0.25, 0.3) is 0 Å². The van der Waals surface area contributed by atoms with E-state index in [2.05, 4.69) is 10.0 Å². The number of rotatable bonds is 6. The number of halogens is 1. The summed E-state index contributed by atoms with van der Waals surface area (Å²) in [6, 6.07) is 1.43. The number of benzene rings is 1. The summed E-state index contributed by atoms with van der Waals surface area (Å²) in [6.45, 7) is 0.618. The molecule has 9 N–H and O–H groups in total. The van der Waals surface area contributed by atoms with Gasteiger partial charge in [0, 0.05) is 0 Å². The molecule has 1 aliphatic rings. The summed E-state index contributed by atoms with van der Waals surface area (Å²) in [5, 5.41) is 15.9. The lowest BCUT2D eigenvalue weighted by Gasteiger charge is -2.20. The van der Waals surface area contributed by atoms with E-state index in [-0.39, 0.29) is 22.3 Å². The fourth-order valence-corrected chi connectivity index (χ4v) is 4.33. The Bertz CT molecular complexity index is 891. The number of nitrogens with one attached hydrogen (secondary N) is 2. The van der Waals surface area contributed by atoms with Gasteiger partial charge in [-0.1, -0.05) is 18.0 Å². The van der Waals surface area contributed by atoms with Crippen molar-refractivity contribution < 1.29 is 26.7 Å². The van der Waals surface area contributed by atoms with Crippen molar-refractivity contribution in [1.29, 1.82) is 0 Å². The van der Waals surface area contributed by atoms with Crippen LogP contribution in [0.5, 0.6) is 0 Å². The van der Waals surface area contributed by atoms with Gasteiger partial charge in [0.1, 0.15) is 15.8 Å². The minimum atomic E-state index is -4.07. The van der Waals surface area contributed by atoms with Gasteiger partial charge in [-0.25, -0.2) is 22.0 Å². The number of aliphatic carboxylic acids is 1. The minimum absolute atomic E-state index is 0.0143. The van der Waals surface area contributed by atoms with Gasteiger partial charge in [-0.3, -0.25) is 4.79 Å². The Balaban J connectivity index is 0.000000314. The van der Waals surface area contributed by atoms with Crippen LogP contribution in [0.2, 0.25) is 5.02 Å². The molecule has 0 fully saturated rings. The second-order valence-corrected chi connectivity index (χ2v) is 9.23. The molecule has 0 saturated heterocycles. The first-order chi connectivity index (χ1) is 12.4. The molecule has 0 bridgehead atoms. The summed E-state index contributed by atoms with van der Waals surface area (Å²) in [6.07, 6.45) is 2.16. The number of fused-ring (bicyclic) bond motifs is 1. The van der Waals surface area contributed by atoms with Gasteiger partial charge < -0.3 is 21.9 Å². The lowest BCUT2D eigenvalue weighted by molar-refractivity contribution is -0.138. The minimum Gasteiger partial charge on any atom is -0.480 e. The highest BCUT2D eigenvalue weighted by Crippen LogP contribution is 2.32. The SMILES string of the molecule is NCCCCC(N)C(=O)O.NS(=O)(=O)c1cc2c(cc1Cl)NCNS2(=O)=O. The number of primary sulfonamides is 1. The van der Waals surface area contributed by atoms with Gasteiger partial charge in [0.2, 0.25) is 20.0 Å². The fourth-order valence-electron chi connectivity index (χ4n) is 2.05. The zero-order chi connectivity index (χ0) is 20.8. The molecular weight excluding hydrogens is 422 g/mol. The van der Waals surface area contributed by atoms with Crippen LogP contribution >= 0.6 is 11.6 Å². The Morgan fingerprint density at radius 1 is 1.33 bits per heavy atom. The Morgan fingerprint density at radius 3 is 2.48 bits per heavy atom. The molecule has 0 amide bonds. The molecule has 1 heterocycles. The van der Waals surface area contributed by atoms with Crippen molar-refractivity contribution in [2.45, 2.75) is 35.1 Å². The van der Waals surface area contributed by atoms with Crippen LogP contribution in [0.1, 0.15) is 19.3 Å². The molecule has 2 rings (SSSR count). The molecule has 0 aromatic heterocycles. The molecule has 1 unspecified atom stereocenters. The summed E-state index contributed by atoms with van der Waals surface area (Å²) in [5.41, 5.74) is 10.7. The summed E-state index contributed by atoms with van der Waals surface area (Å²) in [7, 11) is -7.80. The van der Waals surface area contributed by atoms with E-state index in [4.69, 9.17) is 33.3 Å². The molecule has 0 saturated carbocycles. The van der Waals surface area contributed by atoms with Gasteiger partial charge >= 0.3 is 5.97 Å². The standard InChI is InChI=1S/C7H8ClN3O4S2.C6H14N2O2/c8-4-1-5-7(2-6(4)16(9,12)13)17(14,15)11-3-10-5;7-4-2-1-3-5(8)6(9)10/h1-2,10-11H,3H2,(H2,9,12,13);5H,1-4,7-8H2,(H,9,10). The molecule has 0 aliphatic carbocycles. The molecular formula is C13H22ClN5O6S2. The number of anilines is 1. The predicted octanol–water partition coefficient (Wildman–Crippen LogP) is -0.824. The number of hydrogen-bond acceptors (Lipinski definition) is 8. The van der Waals surface area contributed by atoms with Crippen molar-refractivity contribution in [3.8, 4) is 0 Å². The molecule has 27 heavy (non-hydrogen) atoms. The summed E-state index contributed by atoms with van der Waals surface area (Å²) in [5.74, 6) is -0.933. The topological polar surface area (TPSA) is 208 Å². The largest absolute Gasteiger partial charge is 0.480 e. The number of carbonyl (C=O) groups is 1. The van der Waals surface area contributed by atoms with Crippen LogP contribution in [0.4, 0.5) is 5.69 Å². The van der Waals surface area contributed by atoms with E-state index in [9.17, 15) is 21.6 Å². The van der Waals surface area contributed by atoms with Gasteiger partial charge in [0.05, 0.1) is 17.4 Å². The zero-order valence-electron chi connectivity index (χ0n) is 14.2. The van der Waals surface area contributed by atoms with E-state index < -0.39 is 37.0 Å². The molecule has 1 aliphatic heterocycles. The first-order valence-electron chi connectivity index (χ1n) is 7.68. The first-order valence-corrected chi connectivity index (χ1v) is 11.1. The van der Waals surface area contributed by atoms with Crippen molar-refractivity contribution in [3.63, 3.8) is 0 Å². The Kier molecular flexibility index (Phi) is 8.41. The van der Waals surface area contributed by atoms with Crippen molar-refractivity contribution >= 4 is 43.3 Å². The third-order valence-electron chi connectivity index (χ3n) is 3.46. The molecule has 1 atom stereocenters. The van der Waals surface area contributed by atoms with E-state index in [1.807, 2.05) is 0 Å². The number of sulfonamides is 2. The lowest BCUT2D eigenvalue weighted by atomic mass is 10.1. The monoisotopic (exact) mass is 443 g/mol. The Labute approximate surface area is 162 Å². The first kappa shape index (κ1) is 23.6. The maximum absolute atomic E-state index is 11.6. The van der Waals surface area contributed by atoms with Crippen LogP contribution < -0.4 is 26.6 Å². The number of hydrogen-bond donors (Lipinski definition) is 6. The summed E-state index contributed by atoms with van der Waals surface area (Å²) < 4.78 is 47.9. The Hall–Kier alpha value is -1.48. The normalized spacial score (nSPS) is 16.3. The lowest BCUT2D eigenvalue weighted by Crippen LogP contribution is -2.34. The van der Waals surface area contributed by atoms with E-state index in [0.29, 0.717) is 13.0 Å². The van der Waals surface area contributed by atoms with Crippen LogP contribution in [-0.4, -0.2) is 47.2 Å². The second kappa shape index (κ2) is 9.64. The van der Waals surface area contributed by atoms with Crippen LogP contribution in [0.3, 0.4) is 0 Å². The van der Waals surface area contributed by atoms with Crippen molar-refractivity contribution in [2.75, 3.05) is 18.5 Å². The van der Waals surface area contributed by atoms with Crippen molar-refractivity contribution in [3.05, 3.63) is 17.2 Å². The average Bonchev–Trinajstić information content (AvgIpc) is 2.53. The molecule has 0 radical (unpaired) electrons.